The fraction of sp³-hybridized carbons (Fsp3) is 0.400. The van der Waals surface area contributed by atoms with Gasteiger partial charge in [0.15, 0.2) is 0 Å². The molecule has 1 unspecified atom stereocenters. The second kappa shape index (κ2) is 6.89. The molecule has 0 saturated carbocycles. The Balaban J connectivity index is 2.60. The van der Waals surface area contributed by atoms with E-state index < -0.39 is 0 Å². The minimum Gasteiger partial charge on any atom is -0.459 e. The van der Waals surface area contributed by atoms with Gasteiger partial charge in [-0.1, -0.05) is 50.3 Å². The van der Waals surface area contributed by atoms with Crippen LogP contribution < -0.4 is 0 Å². The Morgan fingerprint density at radius 1 is 1.35 bits per heavy atom. The smallest absolute Gasteiger partial charge is 0.333 e. The van der Waals surface area contributed by atoms with Gasteiger partial charge in [0, 0.05) is 12.0 Å². The molecule has 0 radical (unpaired) electrons. The molecule has 0 aliphatic carbocycles. The predicted octanol–water partition coefficient (Wildman–Crippen LogP) is 3.52. The molecule has 1 atom stereocenters. The van der Waals surface area contributed by atoms with Crippen LogP contribution in [-0.4, -0.2) is 12.1 Å². The van der Waals surface area contributed by atoms with Gasteiger partial charge in [0.25, 0.3) is 0 Å². The quantitative estimate of drug-likeness (QED) is 0.554. The third-order valence-corrected chi connectivity index (χ3v) is 2.54. The Morgan fingerprint density at radius 3 is 2.53 bits per heavy atom. The van der Waals surface area contributed by atoms with Crippen molar-refractivity contribution in [1.82, 2.24) is 0 Å². The zero-order valence-electron chi connectivity index (χ0n) is 10.6. The van der Waals surface area contributed by atoms with Crippen molar-refractivity contribution < 1.29 is 9.53 Å². The molecule has 0 heterocycles. The lowest BCUT2D eigenvalue weighted by atomic mass is 10.0. The van der Waals surface area contributed by atoms with Crippen molar-refractivity contribution in [2.75, 3.05) is 0 Å². The highest BCUT2D eigenvalue weighted by molar-refractivity contribution is 5.87. The molecule has 0 aliphatic rings. The minimum atomic E-state index is -0.292. The molecule has 0 bridgehead atoms. The molecule has 2 heteroatoms. The average molecular weight is 232 g/mol. The zero-order valence-corrected chi connectivity index (χ0v) is 10.6. The van der Waals surface area contributed by atoms with Crippen LogP contribution in [0.5, 0.6) is 0 Å². The van der Waals surface area contributed by atoms with Gasteiger partial charge in [-0.3, -0.25) is 0 Å². The van der Waals surface area contributed by atoms with Gasteiger partial charge in [0.2, 0.25) is 0 Å². The number of ether oxygens (including phenoxy) is 1. The Kier molecular flexibility index (Phi) is 5.47. The van der Waals surface area contributed by atoms with Gasteiger partial charge in [0.1, 0.15) is 6.10 Å². The van der Waals surface area contributed by atoms with E-state index in [1.165, 1.54) is 5.56 Å². The first-order chi connectivity index (χ1) is 8.13. The fourth-order valence-electron chi connectivity index (χ4n) is 1.65. The molecule has 0 saturated heterocycles. The van der Waals surface area contributed by atoms with Crippen LogP contribution in [0.15, 0.2) is 42.5 Å². The highest BCUT2D eigenvalue weighted by atomic mass is 16.5. The number of rotatable bonds is 6. The molecule has 0 N–H and O–H groups in total. The number of benzene rings is 1. The number of hydrogen-bond donors (Lipinski definition) is 0. The lowest BCUT2D eigenvalue weighted by molar-refractivity contribution is -0.144. The number of carbonyl (C=O) groups is 1. The Labute approximate surface area is 103 Å². The second-order valence-corrected chi connectivity index (χ2v) is 4.29. The van der Waals surface area contributed by atoms with Crippen LogP contribution in [0.4, 0.5) is 0 Å². The van der Waals surface area contributed by atoms with E-state index in [9.17, 15) is 4.79 Å². The van der Waals surface area contributed by atoms with E-state index in [0.717, 1.165) is 19.3 Å². The molecule has 92 valence electrons. The molecule has 0 aromatic heterocycles. The summed E-state index contributed by atoms with van der Waals surface area (Å²) in [6.45, 7) is 7.37. The van der Waals surface area contributed by atoms with Gasteiger partial charge in [-0.05, 0) is 18.9 Å². The van der Waals surface area contributed by atoms with E-state index in [2.05, 4.69) is 25.6 Å². The SMILES string of the molecule is C=C(C)C(=O)OC(CCC)Cc1ccccc1. The summed E-state index contributed by atoms with van der Waals surface area (Å²) in [4.78, 5) is 11.5. The molecule has 0 aliphatic heterocycles. The summed E-state index contributed by atoms with van der Waals surface area (Å²) in [6, 6.07) is 10.1. The molecule has 17 heavy (non-hydrogen) atoms. The minimum absolute atomic E-state index is 0.0494. The van der Waals surface area contributed by atoms with Gasteiger partial charge in [-0.25, -0.2) is 4.79 Å². The summed E-state index contributed by atoms with van der Waals surface area (Å²) in [6.07, 6.45) is 2.61. The van der Waals surface area contributed by atoms with Crippen LogP contribution in [0, 0.1) is 0 Å². The normalized spacial score (nSPS) is 11.9. The van der Waals surface area contributed by atoms with E-state index in [1.54, 1.807) is 6.92 Å². The van der Waals surface area contributed by atoms with Crippen LogP contribution >= 0.6 is 0 Å². The molecule has 1 aromatic rings. The van der Waals surface area contributed by atoms with Crippen molar-refractivity contribution in [3.63, 3.8) is 0 Å². The summed E-state index contributed by atoms with van der Waals surface area (Å²) >= 11 is 0. The van der Waals surface area contributed by atoms with Crippen LogP contribution in [0.2, 0.25) is 0 Å². The fourth-order valence-corrected chi connectivity index (χ4v) is 1.65. The van der Waals surface area contributed by atoms with Gasteiger partial charge >= 0.3 is 5.97 Å². The molecule has 2 nitrogen and oxygen atoms in total. The van der Waals surface area contributed by atoms with Crippen molar-refractivity contribution in [2.45, 2.75) is 39.2 Å². The average Bonchev–Trinajstić information content (AvgIpc) is 2.30. The summed E-state index contributed by atoms with van der Waals surface area (Å²) in [5.41, 5.74) is 1.65. The number of hydrogen-bond acceptors (Lipinski definition) is 2. The molecule has 0 amide bonds. The van der Waals surface area contributed by atoms with Crippen LogP contribution in [-0.2, 0) is 16.0 Å². The van der Waals surface area contributed by atoms with Gasteiger partial charge < -0.3 is 4.74 Å². The number of carbonyl (C=O) groups excluding carboxylic acids is 1. The van der Waals surface area contributed by atoms with E-state index in [0.29, 0.717) is 5.57 Å². The summed E-state index contributed by atoms with van der Waals surface area (Å²) in [5.74, 6) is -0.292. The highest BCUT2D eigenvalue weighted by Gasteiger charge is 2.14. The molecule has 0 fully saturated rings. The maximum Gasteiger partial charge on any atom is 0.333 e. The van der Waals surface area contributed by atoms with Gasteiger partial charge in [-0.15, -0.1) is 0 Å². The first kappa shape index (κ1) is 13.5. The van der Waals surface area contributed by atoms with Gasteiger partial charge in [0.05, 0.1) is 0 Å². The van der Waals surface area contributed by atoms with Crippen LogP contribution in [0.1, 0.15) is 32.3 Å². The van der Waals surface area contributed by atoms with Crippen molar-refractivity contribution in [1.29, 1.82) is 0 Å². The molecular formula is C15H20O2. The van der Waals surface area contributed by atoms with E-state index in [4.69, 9.17) is 4.74 Å². The summed E-state index contributed by atoms with van der Waals surface area (Å²) < 4.78 is 5.42. The standard InChI is InChI=1S/C15H20O2/c1-4-8-14(17-15(16)12(2)3)11-13-9-6-5-7-10-13/h5-7,9-10,14H,2,4,8,11H2,1,3H3. The Hall–Kier alpha value is -1.57. The van der Waals surface area contributed by atoms with Crippen LogP contribution in [0.3, 0.4) is 0 Å². The molecule has 0 spiro atoms. The summed E-state index contributed by atoms with van der Waals surface area (Å²) in [7, 11) is 0. The summed E-state index contributed by atoms with van der Waals surface area (Å²) in [5, 5.41) is 0. The van der Waals surface area contributed by atoms with Gasteiger partial charge in [-0.2, -0.15) is 0 Å². The van der Waals surface area contributed by atoms with Crippen molar-refractivity contribution >= 4 is 5.97 Å². The zero-order chi connectivity index (χ0) is 12.7. The first-order valence-electron chi connectivity index (χ1n) is 6.04. The number of esters is 1. The highest BCUT2D eigenvalue weighted by Crippen LogP contribution is 2.12. The Morgan fingerprint density at radius 2 is 2.00 bits per heavy atom. The van der Waals surface area contributed by atoms with E-state index in [1.807, 2.05) is 18.2 Å². The largest absolute Gasteiger partial charge is 0.459 e. The van der Waals surface area contributed by atoms with E-state index >= 15 is 0 Å². The third-order valence-electron chi connectivity index (χ3n) is 2.54. The molecular weight excluding hydrogens is 212 g/mol. The second-order valence-electron chi connectivity index (χ2n) is 4.29. The molecule has 1 rings (SSSR count). The monoisotopic (exact) mass is 232 g/mol. The maximum atomic E-state index is 11.5. The molecule has 1 aromatic carbocycles. The topological polar surface area (TPSA) is 26.3 Å². The lowest BCUT2D eigenvalue weighted by Gasteiger charge is -2.17. The lowest BCUT2D eigenvalue weighted by Crippen LogP contribution is -2.20. The van der Waals surface area contributed by atoms with Crippen molar-refractivity contribution in [2.24, 2.45) is 0 Å². The van der Waals surface area contributed by atoms with Crippen LogP contribution in [0.25, 0.3) is 0 Å². The first-order valence-corrected chi connectivity index (χ1v) is 6.04. The van der Waals surface area contributed by atoms with Crippen molar-refractivity contribution in [3.8, 4) is 0 Å². The van der Waals surface area contributed by atoms with Crippen molar-refractivity contribution in [3.05, 3.63) is 48.0 Å². The third kappa shape index (κ3) is 4.85. The predicted molar refractivity (Wildman–Crippen MR) is 69.7 cm³/mol. The Bertz CT molecular complexity index is 368. The van der Waals surface area contributed by atoms with E-state index in [-0.39, 0.29) is 12.1 Å². The maximum absolute atomic E-state index is 11.5.